The van der Waals surface area contributed by atoms with E-state index in [1.807, 2.05) is 25.1 Å². The molecule has 4 aromatic rings. The number of morpholine rings is 1. The number of nitrogens with one attached hydrogen (secondary N) is 4. The molecule has 17 nitrogen and oxygen atoms in total. The van der Waals surface area contributed by atoms with Crippen molar-refractivity contribution in [2.24, 2.45) is 5.92 Å². The molecule has 9 rings (SSSR count). The van der Waals surface area contributed by atoms with Crippen molar-refractivity contribution in [3.8, 4) is 0 Å². The minimum absolute atomic E-state index is 0.00915. The van der Waals surface area contributed by atoms with Gasteiger partial charge in [0.2, 0.25) is 30.0 Å². The van der Waals surface area contributed by atoms with Crippen molar-refractivity contribution in [1.29, 1.82) is 0 Å². The molecule has 3 saturated heterocycles. The molecule has 0 aliphatic carbocycles. The Labute approximate surface area is 440 Å². The predicted octanol–water partition coefficient (Wildman–Crippen LogP) is 4.34. The molecule has 0 aromatic heterocycles. The van der Waals surface area contributed by atoms with Gasteiger partial charge in [0.1, 0.15) is 29.2 Å². The van der Waals surface area contributed by atoms with Gasteiger partial charge in [-0.1, -0.05) is 36.4 Å². The number of hydrogen-bond acceptors (Lipinski definition) is 11. The van der Waals surface area contributed by atoms with E-state index >= 15 is 0 Å². The molecule has 76 heavy (non-hydrogen) atoms. The molecular formula is C56H66F3N9O8. The zero-order valence-electron chi connectivity index (χ0n) is 43.3. The molecule has 5 unspecified atom stereocenters. The number of para-hydroxylation sites is 1. The number of halogens is 3. The zero-order chi connectivity index (χ0) is 53.8. The van der Waals surface area contributed by atoms with Crippen molar-refractivity contribution < 1.29 is 51.4 Å². The summed E-state index contributed by atoms with van der Waals surface area (Å²) in [4.78, 5) is 93.1. The van der Waals surface area contributed by atoms with Gasteiger partial charge in [-0.05, 0) is 123 Å². The molecule has 0 radical (unpaired) electrons. The highest BCUT2D eigenvalue weighted by Crippen LogP contribution is 2.43. The maximum atomic E-state index is 14.9. The minimum Gasteiger partial charge on any atom is -0.381 e. The first kappa shape index (κ1) is 54.1. The van der Waals surface area contributed by atoms with Gasteiger partial charge in [-0.15, -0.1) is 0 Å². The van der Waals surface area contributed by atoms with Gasteiger partial charge >= 0.3 is 0 Å². The number of amides is 6. The van der Waals surface area contributed by atoms with Gasteiger partial charge in [-0.3, -0.25) is 38.6 Å². The Morgan fingerprint density at radius 3 is 2.29 bits per heavy atom. The normalized spacial score (nSPS) is 23.4. The summed E-state index contributed by atoms with van der Waals surface area (Å²) in [5.74, 6) is -5.04. The minimum atomic E-state index is -1.33. The van der Waals surface area contributed by atoms with E-state index in [1.54, 1.807) is 54.1 Å². The first-order valence-electron chi connectivity index (χ1n) is 26.0. The second kappa shape index (κ2) is 23.3. The third kappa shape index (κ3) is 11.5. The number of carbonyl (C=O) groups excluding carboxylic acids is 6. The second-order valence-corrected chi connectivity index (χ2v) is 20.9. The third-order valence-corrected chi connectivity index (χ3v) is 15.8. The molecule has 404 valence electrons. The Bertz CT molecular complexity index is 2820. The van der Waals surface area contributed by atoms with Crippen molar-refractivity contribution in [2.45, 2.75) is 82.2 Å². The molecule has 0 saturated carbocycles. The van der Waals surface area contributed by atoms with Crippen LogP contribution in [-0.4, -0.2) is 159 Å². The van der Waals surface area contributed by atoms with E-state index in [0.29, 0.717) is 87.7 Å². The van der Waals surface area contributed by atoms with Crippen molar-refractivity contribution >= 4 is 53.0 Å². The van der Waals surface area contributed by atoms with Crippen LogP contribution in [0.3, 0.4) is 0 Å². The standard InChI is InChI=1S/C56H66F3N9O8/c1-34-26-65(42(29-66(34)33-69)28-64-18-21-76-31-35(64)2)30-49(71)68-32-56(3,44-15-10-37(23-47(44)68)22-36-8-12-40(57)13-9-36)55(74)61-25-48(70)62-41-14-11-39-27-67(54(73)50(60-4)38-16-19-75-20-17-38)52(43(39)24-41)53(72)63-51-45(58)6-5-7-46(51)59/h5-15,23-24,33-35,38,42,50,52,60H,16-22,25-32H2,1-4H3,(H,61,74)(H,62,70)(H,63,72)/t34?,35?,42-,50?,52?,56?/m0/s1. The zero-order valence-corrected chi connectivity index (χ0v) is 43.3. The fourth-order valence-corrected chi connectivity index (χ4v) is 11.5. The Morgan fingerprint density at radius 1 is 0.842 bits per heavy atom. The number of benzene rings is 4. The largest absolute Gasteiger partial charge is 0.381 e. The van der Waals surface area contributed by atoms with Crippen LogP contribution < -0.4 is 26.2 Å². The highest BCUT2D eigenvalue weighted by Gasteiger charge is 2.48. The molecule has 5 aliphatic heterocycles. The first-order valence-corrected chi connectivity index (χ1v) is 26.0. The number of likely N-dealkylation sites (N-methyl/N-ethyl adjacent to an activating group) is 1. The van der Waals surface area contributed by atoms with Crippen LogP contribution in [0, 0.1) is 23.4 Å². The Morgan fingerprint density at radius 2 is 1.58 bits per heavy atom. The highest BCUT2D eigenvalue weighted by molar-refractivity contribution is 6.04. The molecule has 0 spiro atoms. The molecule has 3 fully saturated rings. The van der Waals surface area contributed by atoms with E-state index in [4.69, 9.17) is 9.47 Å². The summed E-state index contributed by atoms with van der Waals surface area (Å²) in [6, 6.07) is 17.6. The SMILES string of the molecule is CNC(C(=O)N1Cc2ccc(NC(=O)CNC(=O)C3(C)CN(C(=O)CN4CC(C)N(C=O)C[C@@H]4CN4CCOCC4C)c4cc(Cc5ccc(F)cc5)ccc43)cc2C1C(=O)Nc1c(F)cccc1F)C1CCOCC1. The predicted molar refractivity (Wildman–Crippen MR) is 278 cm³/mol. The molecule has 5 heterocycles. The van der Waals surface area contributed by atoms with Gasteiger partial charge in [0.15, 0.2) is 0 Å². The number of rotatable bonds is 16. The molecule has 6 amide bonds. The van der Waals surface area contributed by atoms with Crippen LogP contribution in [-0.2, 0) is 56.6 Å². The van der Waals surface area contributed by atoms with Gasteiger partial charge in [0.25, 0.3) is 5.91 Å². The van der Waals surface area contributed by atoms with E-state index in [2.05, 4.69) is 38.0 Å². The second-order valence-electron chi connectivity index (χ2n) is 20.9. The van der Waals surface area contributed by atoms with E-state index < -0.39 is 59.1 Å². The van der Waals surface area contributed by atoms with E-state index in [9.17, 15) is 41.9 Å². The van der Waals surface area contributed by atoms with Crippen LogP contribution in [0.15, 0.2) is 78.9 Å². The molecule has 5 aliphatic rings. The van der Waals surface area contributed by atoms with Crippen LogP contribution >= 0.6 is 0 Å². The quantitative estimate of drug-likeness (QED) is 0.117. The summed E-state index contributed by atoms with van der Waals surface area (Å²) < 4.78 is 54.9. The fourth-order valence-electron chi connectivity index (χ4n) is 11.5. The average molecular weight is 1050 g/mol. The first-order chi connectivity index (χ1) is 36.5. The van der Waals surface area contributed by atoms with Crippen molar-refractivity contribution in [3.05, 3.63) is 124 Å². The Balaban J connectivity index is 0.928. The Hall–Kier alpha value is -6.71. The summed E-state index contributed by atoms with van der Waals surface area (Å²) in [7, 11) is 1.66. The van der Waals surface area contributed by atoms with Gasteiger partial charge < -0.3 is 45.4 Å². The topological polar surface area (TPSA) is 185 Å². The number of fused-ring (bicyclic) bond motifs is 2. The molecule has 0 bridgehead atoms. The lowest BCUT2D eigenvalue weighted by molar-refractivity contribution is -0.142. The lowest BCUT2D eigenvalue weighted by Crippen LogP contribution is -2.63. The van der Waals surface area contributed by atoms with Crippen LogP contribution in [0.4, 0.5) is 30.2 Å². The molecular weight excluding hydrogens is 984 g/mol. The molecule has 6 atom stereocenters. The van der Waals surface area contributed by atoms with Gasteiger partial charge in [0, 0.05) is 82.0 Å². The maximum absolute atomic E-state index is 14.9. The van der Waals surface area contributed by atoms with Gasteiger partial charge in [-0.25, -0.2) is 13.2 Å². The summed E-state index contributed by atoms with van der Waals surface area (Å²) >= 11 is 0. The third-order valence-electron chi connectivity index (χ3n) is 15.8. The molecule has 20 heteroatoms. The van der Waals surface area contributed by atoms with E-state index in [-0.39, 0.29) is 67.0 Å². The lowest BCUT2D eigenvalue weighted by Gasteiger charge is -2.46. The summed E-state index contributed by atoms with van der Waals surface area (Å²) in [5, 5.41) is 11.1. The summed E-state index contributed by atoms with van der Waals surface area (Å²) in [5.41, 5.74) is 2.00. The van der Waals surface area contributed by atoms with Gasteiger partial charge in [-0.2, -0.15) is 0 Å². The van der Waals surface area contributed by atoms with Crippen molar-refractivity contribution in [3.63, 3.8) is 0 Å². The monoisotopic (exact) mass is 1050 g/mol. The molecule has 4 aromatic carbocycles. The smallest absolute Gasteiger partial charge is 0.252 e. The van der Waals surface area contributed by atoms with Crippen LogP contribution in [0.25, 0.3) is 0 Å². The number of anilines is 3. The number of hydrogen-bond donors (Lipinski definition) is 4. The molecule has 4 N–H and O–H groups in total. The summed E-state index contributed by atoms with van der Waals surface area (Å²) in [6.45, 7) is 9.66. The average Bonchev–Trinajstić information content (AvgIpc) is 3.94. The summed E-state index contributed by atoms with van der Waals surface area (Å²) in [6.07, 6.45) is 2.52. The van der Waals surface area contributed by atoms with Gasteiger partial charge in [0.05, 0.1) is 37.8 Å². The van der Waals surface area contributed by atoms with Crippen LogP contribution in [0.2, 0.25) is 0 Å². The van der Waals surface area contributed by atoms with Crippen molar-refractivity contribution in [1.82, 2.24) is 30.2 Å². The van der Waals surface area contributed by atoms with E-state index in [0.717, 1.165) is 36.2 Å². The maximum Gasteiger partial charge on any atom is 0.252 e. The highest BCUT2D eigenvalue weighted by atomic mass is 19.1. The number of nitrogens with zero attached hydrogens (tertiary/aromatic N) is 5. The van der Waals surface area contributed by atoms with Crippen LogP contribution in [0.5, 0.6) is 0 Å². The van der Waals surface area contributed by atoms with Crippen LogP contribution in [0.1, 0.15) is 67.5 Å². The van der Waals surface area contributed by atoms with Crippen molar-refractivity contribution in [2.75, 3.05) is 94.8 Å². The number of carbonyl (C=O) groups is 6. The Kier molecular flexibility index (Phi) is 16.6. The number of ether oxygens (including phenoxy) is 2. The lowest BCUT2D eigenvalue weighted by atomic mass is 9.83. The number of piperazine rings is 1. The fraction of sp³-hybridized carbons (Fsp3) is 0.464. The van der Waals surface area contributed by atoms with E-state index in [1.165, 1.54) is 23.1 Å².